The minimum atomic E-state index is 0.0788. The Morgan fingerprint density at radius 1 is 1.43 bits per heavy atom. The second kappa shape index (κ2) is 5.95. The first-order chi connectivity index (χ1) is 6.74. The van der Waals surface area contributed by atoms with Gasteiger partial charge in [0.1, 0.15) is 0 Å². The molecule has 1 aromatic rings. The van der Waals surface area contributed by atoms with Gasteiger partial charge in [0.2, 0.25) is 0 Å². The van der Waals surface area contributed by atoms with Crippen molar-refractivity contribution in [1.82, 2.24) is 4.98 Å². The Morgan fingerprint density at radius 2 is 2.21 bits per heavy atom. The van der Waals surface area contributed by atoms with E-state index in [1.165, 1.54) is 4.88 Å². The van der Waals surface area contributed by atoms with Crippen LogP contribution >= 0.6 is 11.3 Å². The highest BCUT2D eigenvalue weighted by molar-refractivity contribution is 7.15. The van der Waals surface area contributed by atoms with Gasteiger partial charge in [-0.2, -0.15) is 0 Å². The molecule has 2 N–H and O–H groups in total. The highest BCUT2D eigenvalue weighted by Gasteiger charge is 2.01. The van der Waals surface area contributed by atoms with E-state index in [4.69, 9.17) is 9.84 Å². The van der Waals surface area contributed by atoms with Crippen molar-refractivity contribution < 1.29 is 9.84 Å². The highest BCUT2D eigenvalue weighted by Crippen LogP contribution is 2.20. The van der Waals surface area contributed by atoms with Gasteiger partial charge in [-0.25, -0.2) is 4.98 Å². The van der Waals surface area contributed by atoms with Gasteiger partial charge in [-0.3, -0.25) is 0 Å². The second-order valence-electron chi connectivity index (χ2n) is 2.92. The molecular formula is C9H16N2O2S. The van der Waals surface area contributed by atoms with Crippen LogP contribution < -0.4 is 5.32 Å². The lowest BCUT2D eigenvalue weighted by molar-refractivity contribution is 0.0992. The van der Waals surface area contributed by atoms with Crippen LogP contribution in [0, 0.1) is 13.8 Å². The molecule has 0 aliphatic heterocycles. The highest BCUT2D eigenvalue weighted by atomic mass is 32.1. The van der Waals surface area contributed by atoms with Crippen LogP contribution in [-0.2, 0) is 4.74 Å². The molecule has 1 aromatic heterocycles. The summed E-state index contributed by atoms with van der Waals surface area (Å²) in [5.74, 6) is 0. The molecule has 0 bridgehead atoms. The normalized spacial score (nSPS) is 10.5. The number of aryl methyl sites for hydroxylation is 2. The summed E-state index contributed by atoms with van der Waals surface area (Å²) in [6.45, 7) is 5.86. The molecule has 0 fully saturated rings. The van der Waals surface area contributed by atoms with Crippen molar-refractivity contribution in [3.63, 3.8) is 0 Å². The van der Waals surface area contributed by atoms with Crippen LogP contribution in [0.5, 0.6) is 0 Å². The average molecular weight is 216 g/mol. The molecule has 0 saturated heterocycles. The Hall–Kier alpha value is -0.650. The van der Waals surface area contributed by atoms with Crippen molar-refractivity contribution in [2.45, 2.75) is 13.8 Å². The van der Waals surface area contributed by atoms with Crippen LogP contribution in [0.15, 0.2) is 0 Å². The van der Waals surface area contributed by atoms with Crippen LogP contribution in [0.25, 0.3) is 0 Å². The topological polar surface area (TPSA) is 54.4 Å². The standard InChI is InChI=1S/C9H16N2O2S/c1-7-8(2)14-9(11-7)10-3-5-13-6-4-12/h12H,3-6H2,1-2H3,(H,10,11). The van der Waals surface area contributed by atoms with Gasteiger partial charge in [-0.1, -0.05) is 0 Å². The average Bonchev–Trinajstić information content (AvgIpc) is 2.46. The molecule has 0 spiro atoms. The van der Waals surface area contributed by atoms with Crippen LogP contribution in [0.4, 0.5) is 5.13 Å². The van der Waals surface area contributed by atoms with E-state index < -0.39 is 0 Å². The van der Waals surface area contributed by atoms with Crippen molar-refractivity contribution in [2.24, 2.45) is 0 Å². The lowest BCUT2D eigenvalue weighted by Crippen LogP contribution is -2.11. The minimum absolute atomic E-state index is 0.0788. The summed E-state index contributed by atoms with van der Waals surface area (Å²) in [5.41, 5.74) is 1.08. The van der Waals surface area contributed by atoms with Gasteiger partial charge in [0.05, 0.1) is 25.5 Å². The predicted octanol–water partition coefficient (Wildman–Crippen LogP) is 1.18. The van der Waals surface area contributed by atoms with Gasteiger partial charge in [0.15, 0.2) is 5.13 Å². The van der Waals surface area contributed by atoms with E-state index in [2.05, 4.69) is 17.2 Å². The first-order valence-corrected chi connectivity index (χ1v) is 5.42. The molecule has 4 nitrogen and oxygen atoms in total. The fourth-order valence-electron chi connectivity index (χ4n) is 0.945. The maximum Gasteiger partial charge on any atom is 0.183 e. The number of nitrogens with zero attached hydrogens (tertiary/aromatic N) is 1. The molecule has 0 unspecified atom stereocenters. The van der Waals surface area contributed by atoms with E-state index >= 15 is 0 Å². The Labute approximate surface area is 87.9 Å². The van der Waals surface area contributed by atoms with Crippen molar-refractivity contribution >= 4 is 16.5 Å². The molecule has 0 radical (unpaired) electrons. The summed E-state index contributed by atoms with van der Waals surface area (Å²) in [4.78, 5) is 5.57. The van der Waals surface area contributed by atoms with E-state index in [1.54, 1.807) is 11.3 Å². The fourth-order valence-corrected chi connectivity index (χ4v) is 1.79. The lowest BCUT2D eigenvalue weighted by Gasteiger charge is -2.02. The number of hydrogen-bond donors (Lipinski definition) is 2. The number of hydrogen-bond acceptors (Lipinski definition) is 5. The number of aromatic nitrogens is 1. The molecule has 14 heavy (non-hydrogen) atoms. The van der Waals surface area contributed by atoms with Crippen molar-refractivity contribution in [3.8, 4) is 0 Å². The summed E-state index contributed by atoms with van der Waals surface area (Å²) in [5, 5.41) is 12.6. The van der Waals surface area contributed by atoms with Crippen LogP contribution in [0.2, 0.25) is 0 Å². The summed E-state index contributed by atoms with van der Waals surface area (Å²) in [6.07, 6.45) is 0. The number of ether oxygens (including phenoxy) is 1. The summed E-state index contributed by atoms with van der Waals surface area (Å²) >= 11 is 1.65. The zero-order chi connectivity index (χ0) is 10.4. The number of aliphatic hydroxyl groups is 1. The SMILES string of the molecule is Cc1nc(NCCOCCO)sc1C. The van der Waals surface area contributed by atoms with Crippen molar-refractivity contribution in [2.75, 3.05) is 31.7 Å². The number of thiazole rings is 1. The Balaban J connectivity index is 2.18. The number of aliphatic hydroxyl groups excluding tert-OH is 1. The first kappa shape index (κ1) is 11.4. The van der Waals surface area contributed by atoms with Gasteiger partial charge in [0.25, 0.3) is 0 Å². The Kier molecular flexibility index (Phi) is 4.86. The van der Waals surface area contributed by atoms with Crippen molar-refractivity contribution in [1.29, 1.82) is 0 Å². The van der Waals surface area contributed by atoms with Crippen LogP contribution in [0.3, 0.4) is 0 Å². The molecule has 0 aliphatic carbocycles. The molecule has 5 heteroatoms. The molecule has 0 saturated carbocycles. The van der Waals surface area contributed by atoms with E-state index in [1.807, 2.05) is 6.92 Å². The fraction of sp³-hybridized carbons (Fsp3) is 0.667. The van der Waals surface area contributed by atoms with E-state index in [-0.39, 0.29) is 6.61 Å². The molecule has 0 atom stereocenters. The maximum atomic E-state index is 8.47. The maximum absolute atomic E-state index is 8.47. The van der Waals surface area contributed by atoms with Gasteiger partial charge in [-0.15, -0.1) is 11.3 Å². The number of anilines is 1. The molecule has 0 aromatic carbocycles. The van der Waals surface area contributed by atoms with Gasteiger partial charge in [-0.05, 0) is 13.8 Å². The molecule has 80 valence electrons. The van der Waals surface area contributed by atoms with Crippen LogP contribution in [-0.4, -0.2) is 36.5 Å². The number of rotatable bonds is 6. The molecule has 1 rings (SSSR count). The summed E-state index contributed by atoms with van der Waals surface area (Å²) in [6, 6.07) is 0. The molecule has 0 amide bonds. The molecule has 0 aliphatic rings. The van der Waals surface area contributed by atoms with Gasteiger partial charge < -0.3 is 15.2 Å². The van der Waals surface area contributed by atoms with E-state index in [0.717, 1.165) is 17.4 Å². The second-order valence-corrected chi connectivity index (χ2v) is 4.13. The third kappa shape index (κ3) is 3.61. The molecule has 1 heterocycles. The van der Waals surface area contributed by atoms with Gasteiger partial charge in [0, 0.05) is 11.4 Å². The Morgan fingerprint density at radius 3 is 2.79 bits per heavy atom. The lowest BCUT2D eigenvalue weighted by atomic mass is 10.4. The first-order valence-electron chi connectivity index (χ1n) is 4.60. The largest absolute Gasteiger partial charge is 0.394 e. The smallest absolute Gasteiger partial charge is 0.183 e. The van der Waals surface area contributed by atoms with Crippen molar-refractivity contribution in [3.05, 3.63) is 10.6 Å². The molecular weight excluding hydrogens is 200 g/mol. The predicted molar refractivity (Wildman–Crippen MR) is 58.0 cm³/mol. The van der Waals surface area contributed by atoms with Gasteiger partial charge >= 0.3 is 0 Å². The number of nitrogens with one attached hydrogen (secondary N) is 1. The Bertz CT molecular complexity index is 256. The zero-order valence-electron chi connectivity index (χ0n) is 8.54. The third-order valence-electron chi connectivity index (χ3n) is 1.79. The summed E-state index contributed by atoms with van der Waals surface area (Å²) in [7, 11) is 0. The van der Waals surface area contributed by atoms with E-state index in [9.17, 15) is 0 Å². The minimum Gasteiger partial charge on any atom is -0.394 e. The van der Waals surface area contributed by atoms with E-state index in [0.29, 0.717) is 13.2 Å². The summed E-state index contributed by atoms with van der Waals surface area (Å²) < 4.78 is 5.11. The van der Waals surface area contributed by atoms with Crippen LogP contribution in [0.1, 0.15) is 10.6 Å². The zero-order valence-corrected chi connectivity index (χ0v) is 9.36. The monoisotopic (exact) mass is 216 g/mol. The third-order valence-corrected chi connectivity index (χ3v) is 2.82. The quantitative estimate of drug-likeness (QED) is 0.701.